The van der Waals surface area contributed by atoms with Crippen molar-refractivity contribution in [3.05, 3.63) is 21.7 Å². The fraction of sp³-hybridized carbons (Fsp3) is 0.632. The van der Waals surface area contributed by atoms with E-state index in [0.29, 0.717) is 31.0 Å². The summed E-state index contributed by atoms with van der Waals surface area (Å²) in [4.78, 5) is 15.7. The third kappa shape index (κ3) is 2.87. The Labute approximate surface area is 168 Å². The molecule has 0 aliphatic carbocycles. The Kier molecular flexibility index (Phi) is 4.31. The van der Waals surface area contributed by atoms with E-state index >= 15 is 0 Å². The first-order chi connectivity index (χ1) is 12.5. The number of hydrogen-bond donors (Lipinski definition) is 1. The average molecular weight is 457 g/mol. The summed E-state index contributed by atoms with van der Waals surface area (Å²) >= 11 is 3.65. The number of nitrogens with zero attached hydrogens (tertiary/aromatic N) is 2. The number of benzene rings is 1. The molecular weight excluding hydrogens is 432 g/mol. The van der Waals surface area contributed by atoms with Crippen LogP contribution in [0.15, 0.2) is 15.4 Å². The van der Waals surface area contributed by atoms with Gasteiger partial charge in [-0.25, -0.2) is 13.2 Å². The van der Waals surface area contributed by atoms with Crippen LogP contribution in [0.2, 0.25) is 0 Å². The molecular formula is C19H25BrN2O4S. The predicted molar refractivity (Wildman–Crippen MR) is 108 cm³/mol. The second-order valence-electron chi connectivity index (χ2n) is 8.80. The number of sulfone groups is 1. The van der Waals surface area contributed by atoms with Crippen LogP contribution in [0, 0.1) is 0 Å². The molecule has 1 aromatic rings. The van der Waals surface area contributed by atoms with Gasteiger partial charge in [0, 0.05) is 36.1 Å². The highest BCUT2D eigenvalue weighted by atomic mass is 79.9. The Hall–Kier alpha value is -1.28. The van der Waals surface area contributed by atoms with Gasteiger partial charge in [-0.05, 0) is 35.4 Å². The largest absolute Gasteiger partial charge is 0.465 e. The van der Waals surface area contributed by atoms with E-state index in [4.69, 9.17) is 0 Å². The van der Waals surface area contributed by atoms with Crippen molar-refractivity contribution in [3.63, 3.8) is 0 Å². The van der Waals surface area contributed by atoms with E-state index in [2.05, 4.69) is 41.6 Å². The molecule has 6 nitrogen and oxygen atoms in total. The van der Waals surface area contributed by atoms with Gasteiger partial charge in [-0.3, -0.25) is 0 Å². The first-order valence-electron chi connectivity index (χ1n) is 9.36. The average Bonchev–Trinajstić information content (AvgIpc) is 2.78. The van der Waals surface area contributed by atoms with E-state index < -0.39 is 15.9 Å². The van der Waals surface area contributed by atoms with E-state index in [1.165, 1.54) is 4.90 Å². The second kappa shape index (κ2) is 6.11. The summed E-state index contributed by atoms with van der Waals surface area (Å²) in [5.74, 6) is 0.166. The van der Waals surface area contributed by atoms with Crippen LogP contribution in [-0.4, -0.2) is 55.9 Å². The lowest BCUT2D eigenvalue weighted by Crippen LogP contribution is -2.48. The quantitative estimate of drug-likeness (QED) is 0.645. The molecule has 2 atom stereocenters. The van der Waals surface area contributed by atoms with Crippen LogP contribution in [-0.2, 0) is 15.3 Å². The highest BCUT2D eigenvalue weighted by Gasteiger charge is 2.49. The zero-order valence-corrected chi connectivity index (χ0v) is 18.2. The molecule has 0 bridgehead atoms. The lowest BCUT2D eigenvalue weighted by atomic mass is 9.78. The number of anilines is 1. The third-order valence-corrected chi connectivity index (χ3v) is 8.49. The van der Waals surface area contributed by atoms with Crippen molar-refractivity contribution < 1.29 is 18.3 Å². The Balaban J connectivity index is 2.02. The van der Waals surface area contributed by atoms with E-state index in [-0.39, 0.29) is 23.1 Å². The minimum Gasteiger partial charge on any atom is -0.465 e. The number of piperidine rings is 1. The van der Waals surface area contributed by atoms with E-state index in [9.17, 15) is 18.3 Å². The van der Waals surface area contributed by atoms with Gasteiger partial charge in [0.05, 0.1) is 16.3 Å². The maximum absolute atomic E-state index is 13.0. The van der Waals surface area contributed by atoms with E-state index in [0.717, 1.165) is 27.7 Å². The van der Waals surface area contributed by atoms with Crippen molar-refractivity contribution in [1.29, 1.82) is 0 Å². The lowest BCUT2D eigenvalue weighted by molar-refractivity contribution is 0.126. The standard InChI is InChI=1S/C19H25BrN2O4S/c1-19(2,3)16-12(20)9-14-17-15(16)11-10-21(18(23)24)7-5-13(11)22(17)6-4-8-27(14,25)26/h9,11,13H,4-8,10H2,1-3H3,(H,23,24)/t11-,13+/m1/s1. The normalized spacial score (nSPS) is 26.4. The van der Waals surface area contributed by atoms with Crippen LogP contribution in [0.3, 0.4) is 0 Å². The van der Waals surface area contributed by atoms with Gasteiger partial charge in [-0.2, -0.15) is 0 Å². The molecule has 1 saturated heterocycles. The zero-order valence-electron chi connectivity index (χ0n) is 15.8. The fourth-order valence-corrected chi connectivity index (χ4v) is 7.78. The summed E-state index contributed by atoms with van der Waals surface area (Å²) in [6.07, 6.45) is 0.428. The summed E-state index contributed by atoms with van der Waals surface area (Å²) in [5.41, 5.74) is 2.78. The summed E-state index contributed by atoms with van der Waals surface area (Å²) in [6, 6.07) is 1.94. The van der Waals surface area contributed by atoms with Crippen LogP contribution < -0.4 is 4.90 Å². The minimum absolute atomic E-state index is 0.00336. The number of halogens is 1. The van der Waals surface area contributed by atoms with Gasteiger partial charge in [0.25, 0.3) is 0 Å². The summed E-state index contributed by atoms with van der Waals surface area (Å²) in [6.45, 7) is 7.99. The molecule has 148 valence electrons. The van der Waals surface area contributed by atoms with Crippen molar-refractivity contribution in [2.24, 2.45) is 0 Å². The first-order valence-corrected chi connectivity index (χ1v) is 11.8. The molecule has 0 radical (unpaired) electrons. The molecule has 1 fully saturated rings. The molecule has 3 aliphatic rings. The maximum Gasteiger partial charge on any atom is 0.407 e. The van der Waals surface area contributed by atoms with Gasteiger partial charge in [0.2, 0.25) is 0 Å². The number of amides is 1. The predicted octanol–water partition coefficient (Wildman–Crippen LogP) is 3.58. The number of hydrogen-bond acceptors (Lipinski definition) is 4. The van der Waals surface area contributed by atoms with Crippen LogP contribution >= 0.6 is 15.9 Å². The highest BCUT2D eigenvalue weighted by molar-refractivity contribution is 9.10. The van der Waals surface area contributed by atoms with Crippen LogP contribution in [0.25, 0.3) is 0 Å². The van der Waals surface area contributed by atoms with Gasteiger partial charge in [-0.15, -0.1) is 0 Å². The van der Waals surface area contributed by atoms with Gasteiger partial charge in [0.15, 0.2) is 9.84 Å². The van der Waals surface area contributed by atoms with Gasteiger partial charge in [-0.1, -0.05) is 36.7 Å². The summed E-state index contributed by atoms with van der Waals surface area (Å²) in [5, 5.41) is 9.52. The Morgan fingerprint density at radius 1 is 1.30 bits per heavy atom. The molecule has 1 N–H and O–H groups in total. The van der Waals surface area contributed by atoms with Crippen molar-refractivity contribution in [2.75, 3.05) is 30.3 Å². The molecule has 0 unspecified atom stereocenters. The molecule has 27 heavy (non-hydrogen) atoms. The number of likely N-dealkylation sites (tertiary alicyclic amines) is 1. The third-order valence-electron chi connectivity index (χ3n) is 6.06. The Bertz CT molecular complexity index is 923. The maximum atomic E-state index is 13.0. The Morgan fingerprint density at radius 2 is 2.00 bits per heavy atom. The number of carboxylic acid groups (broad SMARTS) is 1. The molecule has 0 spiro atoms. The molecule has 3 aliphatic heterocycles. The van der Waals surface area contributed by atoms with Crippen LogP contribution in [0.1, 0.15) is 50.7 Å². The van der Waals surface area contributed by atoms with Gasteiger partial charge in [0.1, 0.15) is 0 Å². The molecule has 4 rings (SSSR count). The van der Waals surface area contributed by atoms with Crippen molar-refractivity contribution in [3.8, 4) is 0 Å². The monoisotopic (exact) mass is 456 g/mol. The molecule has 8 heteroatoms. The summed E-state index contributed by atoms with van der Waals surface area (Å²) < 4.78 is 26.7. The first kappa shape index (κ1) is 19.1. The minimum atomic E-state index is -3.35. The van der Waals surface area contributed by atoms with Gasteiger partial charge >= 0.3 is 6.09 Å². The SMILES string of the molecule is CC(C)(C)c1c(Br)cc2c3c1[C@@H]1CN(C(=O)O)CC[C@@H]1N3CCCS2(=O)=O. The smallest absolute Gasteiger partial charge is 0.407 e. The van der Waals surface area contributed by atoms with Crippen LogP contribution in [0.4, 0.5) is 10.5 Å². The Morgan fingerprint density at radius 3 is 2.63 bits per heavy atom. The molecule has 0 aromatic heterocycles. The molecule has 1 amide bonds. The number of carbonyl (C=O) groups is 1. The summed E-state index contributed by atoms with van der Waals surface area (Å²) in [7, 11) is -3.35. The molecule has 0 saturated carbocycles. The van der Waals surface area contributed by atoms with Crippen molar-refractivity contribution in [1.82, 2.24) is 4.90 Å². The van der Waals surface area contributed by atoms with E-state index in [1.807, 2.05) is 0 Å². The van der Waals surface area contributed by atoms with Gasteiger partial charge < -0.3 is 14.9 Å². The van der Waals surface area contributed by atoms with Crippen molar-refractivity contribution >= 4 is 37.5 Å². The highest BCUT2D eigenvalue weighted by Crippen LogP contribution is 2.54. The number of fused-ring (bicyclic) bond motifs is 3. The fourth-order valence-electron chi connectivity index (χ4n) is 5.04. The van der Waals surface area contributed by atoms with Crippen LogP contribution in [0.5, 0.6) is 0 Å². The molecule has 3 heterocycles. The topological polar surface area (TPSA) is 77.9 Å². The zero-order chi connectivity index (χ0) is 19.7. The van der Waals surface area contributed by atoms with Crippen molar-refractivity contribution in [2.45, 2.75) is 55.9 Å². The number of rotatable bonds is 0. The van der Waals surface area contributed by atoms with E-state index in [1.54, 1.807) is 6.07 Å². The second-order valence-corrected chi connectivity index (χ2v) is 11.7. The molecule has 1 aromatic carbocycles. The lowest BCUT2D eigenvalue weighted by Gasteiger charge is -2.38.